The van der Waals surface area contributed by atoms with E-state index in [0.717, 1.165) is 6.42 Å². The molecule has 0 spiro atoms. The molecule has 0 bridgehead atoms. The van der Waals surface area contributed by atoms with Gasteiger partial charge in [0, 0.05) is 18.8 Å². The third-order valence-electron chi connectivity index (χ3n) is 4.73. The minimum Gasteiger partial charge on any atom is -0.299 e. The fraction of sp³-hybridized carbons (Fsp3) is 0.762. The molecule has 1 heterocycles. The predicted octanol–water partition coefficient (Wildman–Crippen LogP) is 6.24. The number of unbranched alkanes of at least 4 members (excludes halogenated alkanes) is 11. The molecule has 1 aromatic heterocycles. The molecule has 1 aromatic rings. The largest absolute Gasteiger partial charge is 0.299 e. The van der Waals surface area contributed by atoms with Crippen LogP contribution in [0.1, 0.15) is 109 Å². The molecule has 1 unspecified atom stereocenters. The molecule has 0 N–H and O–H groups in total. The van der Waals surface area contributed by atoms with Crippen LogP contribution in [0.5, 0.6) is 0 Å². The van der Waals surface area contributed by atoms with Crippen LogP contribution in [0.15, 0.2) is 18.5 Å². The van der Waals surface area contributed by atoms with Crippen molar-refractivity contribution in [3.63, 3.8) is 0 Å². The Bertz CT molecular complexity index is 419. The summed E-state index contributed by atoms with van der Waals surface area (Å²) in [7, 11) is 0. The Morgan fingerprint density at radius 3 is 1.79 bits per heavy atom. The van der Waals surface area contributed by atoms with Gasteiger partial charge in [0.15, 0.2) is 0 Å². The minimum absolute atomic E-state index is 0.168. The topological polar surface area (TPSA) is 42.9 Å². The van der Waals surface area contributed by atoms with Gasteiger partial charge in [0.25, 0.3) is 0 Å². The van der Waals surface area contributed by atoms with E-state index in [1.807, 2.05) is 6.92 Å². The second-order valence-electron chi connectivity index (χ2n) is 6.93. The highest BCUT2D eigenvalue weighted by Crippen LogP contribution is 2.16. The van der Waals surface area contributed by atoms with Crippen LogP contribution in [0.3, 0.4) is 0 Å². The maximum atomic E-state index is 12.1. The number of aromatic nitrogens is 2. The number of hydrogen-bond donors (Lipinski definition) is 0. The maximum absolute atomic E-state index is 12.1. The summed E-state index contributed by atoms with van der Waals surface area (Å²) in [5.74, 6) is 0.758. The first kappa shape index (κ1) is 20.8. The van der Waals surface area contributed by atoms with Gasteiger partial charge in [-0.3, -0.25) is 4.79 Å². The fourth-order valence-corrected chi connectivity index (χ4v) is 3.03. The molecule has 3 nitrogen and oxygen atoms in total. The van der Waals surface area contributed by atoms with Crippen molar-refractivity contribution in [2.24, 2.45) is 0 Å². The quantitative estimate of drug-likeness (QED) is 0.357. The Hall–Kier alpha value is -1.25. The molecule has 0 aliphatic rings. The molecule has 3 heteroatoms. The first-order valence-corrected chi connectivity index (χ1v) is 10.0. The molecule has 1 atom stereocenters. The van der Waals surface area contributed by atoms with E-state index in [1.54, 1.807) is 18.5 Å². The van der Waals surface area contributed by atoms with Gasteiger partial charge in [0.1, 0.15) is 11.6 Å². The zero-order chi connectivity index (χ0) is 17.5. The van der Waals surface area contributed by atoms with Crippen LogP contribution >= 0.6 is 0 Å². The Morgan fingerprint density at radius 1 is 0.833 bits per heavy atom. The maximum Gasteiger partial charge on any atom is 0.143 e. The molecule has 0 aliphatic carbocycles. The zero-order valence-corrected chi connectivity index (χ0v) is 15.8. The summed E-state index contributed by atoms with van der Waals surface area (Å²) in [6.45, 7) is 4.18. The van der Waals surface area contributed by atoms with Crippen molar-refractivity contribution >= 4 is 5.78 Å². The van der Waals surface area contributed by atoms with E-state index in [0.29, 0.717) is 12.2 Å². The van der Waals surface area contributed by atoms with Crippen molar-refractivity contribution in [3.8, 4) is 0 Å². The summed E-state index contributed by atoms with van der Waals surface area (Å²) in [4.78, 5) is 20.5. The van der Waals surface area contributed by atoms with Crippen LogP contribution in [-0.2, 0) is 4.79 Å². The van der Waals surface area contributed by atoms with Crippen LogP contribution in [0.4, 0.5) is 0 Å². The van der Waals surface area contributed by atoms with E-state index in [2.05, 4.69) is 16.9 Å². The van der Waals surface area contributed by atoms with Crippen molar-refractivity contribution in [2.75, 3.05) is 0 Å². The minimum atomic E-state index is -0.168. The molecule has 24 heavy (non-hydrogen) atoms. The zero-order valence-electron chi connectivity index (χ0n) is 15.8. The van der Waals surface area contributed by atoms with Gasteiger partial charge in [-0.2, -0.15) is 0 Å². The van der Waals surface area contributed by atoms with E-state index in [9.17, 15) is 4.79 Å². The van der Waals surface area contributed by atoms with Crippen LogP contribution in [0.2, 0.25) is 0 Å². The summed E-state index contributed by atoms with van der Waals surface area (Å²) >= 11 is 0. The van der Waals surface area contributed by atoms with Gasteiger partial charge >= 0.3 is 0 Å². The highest BCUT2D eigenvalue weighted by molar-refractivity contribution is 5.84. The number of rotatable bonds is 15. The van der Waals surface area contributed by atoms with Crippen LogP contribution in [-0.4, -0.2) is 15.8 Å². The van der Waals surface area contributed by atoms with Crippen molar-refractivity contribution in [2.45, 2.75) is 103 Å². The van der Waals surface area contributed by atoms with Crippen molar-refractivity contribution in [1.82, 2.24) is 9.97 Å². The smallest absolute Gasteiger partial charge is 0.143 e. The number of nitrogens with zero attached hydrogens (tertiary/aromatic N) is 2. The monoisotopic (exact) mass is 332 g/mol. The summed E-state index contributed by atoms with van der Waals surface area (Å²) in [5.41, 5.74) is 0. The summed E-state index contributed by atoms with van der Waals surface area (Å²) in [5, 5.41) is 0. The predicted molar refractivity (Wildman–Crippen MR) is 101 cm³/mol. The number of Topliss-reactive ketones (excluding diaryl/α,β-unsaturated/α-hetero) is 1. The highest BCUT2D eigenvalue weighted by Gasteiger charge is 2.16. The molecule has 136 valence electrons. The molecule has 0 aromatic carbocycles. The van der Waals surface area contributed by atoms with Gasteiger partial charge in [-0.1, -0.05) is 77.6 Å². The Balaban J connectivity index is 1.92. The Kier molecular flexibility index (Phi) is 12.2. The number of ketones is 1. The molecule has 0 saturated carbocycles. The van der Waals surface area contributed by atoms with E-state index in [4.69, 9.17) is 0 Å². The first-order chi connectivity index (χ1) is 11.8. The van der Waals surface area contributed by atoms with E-state index >= 15 is 0 Å². The summed E-state index contributed by atoms with van der Waals surface area (Å²) in [6, 6.07) is 1.78. The SMILES string of the molecule is CCCCCCCCCCCCCCC(=O)C(C)c1ncccn1. The van der Waals surface area contributed by atoms with E-state index in [1.165, 1.54) is 70.6 Å². The Morgan fingerprint density at radius 2 is 1.29 bits per heavy atom. The van der Waals surface area contributed by atoms with Crippen molar-refractivity contribution in [3.05, 3.63) is 24.3 Å². The van der Waals surface area contributed by atoms with Crippen molar-refractivity contribution in [1.29, 1.82) is 0 Å². The second-order valence-corrected chi connectivity index (χ2v) is 6.93. The lowest BCUT2D eigenvalue weighted by atomic mass is 9.99. The Labute approximate surface area is 148 Å². The summed E-state index contributed by atoms with van der Waals surface area (Å²) in [6.07, 6.45) is 19.9. The molecular weight excluding hydrogens is 296 g/mol. The molecule has 0 aliphatic heterocycles. The lowest BCUT2D eigenvalue weighted by molar-refractivity contribution is -0.120. The van der Waals surface area contributed by atoms with Gasteiger partial charge in [0.2, 0.25) is 0 Å². The van der Waals surface area contributed by atoms with Crippen LogP contribution < -0.4 is 0 Å². The first-order valence-electron chi connectivity index (χ1n) is 10.0. The normalized spacial score (nSPS) is 12.2. The molecule has 0 radical (unpaired) electrons. The fourth-order valence-electron chi connectivity index (χ4n) is 3.03. The number of carbonyl (C=O) groups is 1. The molecule has 0 fully saturated rings. The van der Waals surface area contributed by atoms with Crippen LogP contribution in [0, 0.1) is 0 Å². The lowest BCUT2D eigenvalue weighted by Gasteiger charge is -2.08. The highest BCUT2D eigenvalue weighted by atomic mass is 16.1. The van der Waals surface area contributed by atoms with Gasteiger partial charge < -0.3 is 0 Å². The number of hydrogen-bond acceptors (Lipinski definition) is 3. The van der Waals surface area contributed by atoms with E-state index in [-0.39, 0.29) is 11.7 Å². The third-order valence-corrected chi connectivity index (χ3v) is 4.73. The van der Waals surface area contributed by atoms with Gasteiger partial charge in [-0.05, 0) is 19.4 Å². The standard InChI is InChI=1S/C21H36N2O/c1-3-4-5-6-7-8-9-10-11-12-13-14-16-20(24)19(2)21-22-17-15-18-23-21/h15,17-19H,3-14,16H2,1-2H3. The summed E-state index contributed by atoms with van der Waals surface area (Å²) < 4.78 is 0. The number of carbonyl (C=O) groups excluding carboxylic acids is 1. The van der Waals surface area contributed by atoms with Crippen LogP contribution in [0.25, 0.3) is 0 Å². The van der Waals surface area contributed by atoms with Gasteiger partial charge in [0.05, 0.1) is 5.92 Å². The second kappa shape index (κ2) is 14.1. The lowest BCUT2D eigenvalue weighted by Crippen LogP contribution is -2.11. The van der Waals surface area contributed by atoms with Crippen molar-refractivity contribution < 1.29 is 4.79 Å². The molecular formula is C21H36N2O. The molecule has 0 saturated heterocycles. The van der Waals surface area contributed by atoms with Gasteiger partial charge in [-0.15, -0.1) is 0 Å². The molecule has 0 amide bonds. The van der Waals surface area contributed by atoms with E-state index < -0.39 is 0 Å². The molecule has 1 rings (SSSR count). The third kappa shape index (κ3) is 9.79. The average molecular weight is 333 g/mol. The van der Waals surface area contributed by atoms with Gasteiger partial charge in [-0.25, -0.2) is 9.97 Å². The average Bonchev–Trinajstić information content (AvgIpc) is 2.62.